The molecule has 4 rings (SSSR count). The number of hydrogen-bond donors (Lipinski definition) is 0. The molecule has 0 aliphatic carbocycles. The summed E-state index contributed by atoms with van der Waals surface area (Å²) in [7, 11) is 0. The van der Waals surface area contributed by atoms with Gasteiger partial charge in [0.05, 0.1) is 0 Å². The largest absolute Gasteiger partial charge is 0.353 e. The van der Waals surface area contributed by atoms with Gasteiger partial charge in [-0.05, 0) is 25.5 Å². The molecule has 0 amide bonds. The van der Waals surface area contributed by atoms with Crippen LogP contribution in [0.3, 0.4) is 0 Å². The van der Waals surface area contributed by atoms with Gasteiger partial charge in [-0.1, -0.05) is 6.92 Å². The molecule has 124 valence electrons. The molecule has 0 saturated carbocycles. The van der Waals surface area contributed by atoms with Crippen LogP contribution in [0.5, 0.6) is 0 Å². The maximum atomic E-state index is 4.58. The van der Waals surface area contributed by atoms with E-state index in [4.69, 9.17) is 0 Å². The summed E-state index contributed by atoms with van der Waals surface area (Å²) in [5.41, 5.74) is 3.08. The second kappa shape index (κ2) is 6.03. The molecule has 8 heteroatoms. The SMILES string of the molecule is CCc1c(C)ncnc1N1CCN(c2ccc3nncn3n2)CC1. The first-order valence-corrected chi connectivity index (χ1v) is 8.23. The number of aromatic nitrogens is 6. The standard InChI is InChI=1S/C16H20N8/c1-3-13-12(2)17-10-18-16(13)23-8-6-22(7-9-23)15-5-4-14-20-19-11-24(14)21-15/h4-5,10-11H,3,6-9H2,1-2H3. The zero-order valence-electron chi connectivity index (χ0n) is 13.9. The lowest BCUT2D eigenvalue weighted by molar-refractivity contribution is 0.632. The Morgan fingerprint density at radius 2 is 1.83 bits per heavy atom. The van der Waals surface area contributed by atoms with Crippen LogP contribution in [0.1, 0.15) is 18.2 Å². The highest BCUT2D eigenvalue weighted by atomic mass is 15.4. The van der Waals surface area contributed by atoms with E-state index in [0.717, 1.165) is 55.6 Å². The number of anilines is 2. The van der Waals surface area contributed by atoms with Crippen molar-refractivity contribution in [3.8, 4) is 0 Å². The molecule has 1 aliphatic rings. The molecule has 1 saturated heterocycles. The molecule has 8 nitrogen and oxygen atoms in total. The lowest BCUT2D eigenvalue weighted by Crippen LogP contribution is -2.47. The zero-order valence-corrected chi connectivity index (χ0v) is 13.9. The van der Waals surface area contributed by atoms with E-state index in [-0.39, 0.29) is 0 Å². The minimum Gasteiger partial charge on any atom is -0.353 e. The number of piperazine rings is 1. The highest BCUT2D eigenvalue weighted by Crippen LogP contribution is 2.22. The summed E-state index contributed by atoms with van der Waals surface area (Å²) in [6.07, 6.45) is 4.25. The van der Waals surface area contributed by atoms with Crippen molar-refractivity contribution in [2.24, 2.45) is 0 Å². The van der Waals surface area contributed by atoms with Crippen LogP contribution in [0.25, 0.3) is 5.65 Å². The van der Waals surface area contributed by atoms with Gasteiger partial charge in [-0.25, -0.2) is 9.97 Å². The van der Waals surface area contributed by atoms with E-state index in [9.17, 15) is 0 Å². The molecule has 1 aliphatic heterocycles. The Hall–Kier alpha value is -2.77. The van der Waals surface area contributed by atoms with Crippen LogP contribution in [0, 0.1) is 6.92 Å². The summed E-state index contributed by atoms with van der Waals surface area (Å²) in [5, 5.41) is 12.4. The number of fused-ring (bicyclic) bond motifs is 1. The Labute approximate surface area is 140 Å². The van der Waals surface area contributed by atoms with Gasteiger partial charge in [-0.2, -0.15) is 4.52 Å². The molecule has 0 N–H and O–H groups in total. The molecule has 0 aromatic carbocycles. The molecule has 0 unspecified atom stereocenters. The van der Waals surface area contributed by atoms with Crippen LogP contribution < -0.4 is 9.80 Å². The van der Waals surface area contributed by atoms with Crippen molar-refractivity contribution < 1.29 is 0 Å². The molecule has 0 atom stereocenters. The van der Waals surface area contributed by atoms with Crippen molar-refractivity contribution in [2.45, 2.75) is 20.3 Å². The normalized spacial score (nSPS) is 15.2. The third kappa shape index (κ3) is 2.53. The Morgan fingerprint density at radius 3 is 2.62 bits per heavy atom. The molecule has 3 aromatic heterocycles. The van der Waals surface area contributed by atoms with Crippen LogP contribution in [0.15, 0.2) is 24.8 Å². The summed E-state index contributed by atoms with van der Waals surface area (Å²) in [5.74, 6) is 2.03. The number of hydrogen-bond acceptors (Lipinski definition) is 7. The van der Waals surface area contributed by atoms with E-state index >= 15 is 0 Å². The molecule has 3 aromatic rings. The Bertz CT molecular complexity index is 850. The molecule has 0 spiro atoms. The first-order chi connectivity index (χ1) is 11.8. The minimum absolute atomic E-state index is 0.765. The van der Waals surface area contributed by atoms with E-state index in [2.05, 4.69) is 48.9 Å². The minimum atomic E-state index is 0.765. The van der Waals surface area contributed by atoms with Crippen molar-refractivity contribution >= 4 is 17.3 Å². The van der Waals surface area contributed by atoms with Crippen LogP contribution >= 0.6 is 0 Å². The third-order valence-corrected chi connectivity index (χ3v) is 4.54. The summed E-state index contributed by atoms with van der Waals surface area (Å²) in [4.78, 5) is 13.5. The average molecular weight is 324 g/mol. The molecular weight excluding hydrogens is 304 g/mol. The van der Waals surface area contributed by atoms with Gasteiger partial charge in [-0.15, -0.1) is 15.3 Å². The van der Waals surface area contributed by atoms with Crippen LogP contribution in [-0.2, 0) is 6.42 Å². The summed E-state index contributed by atoms with van der Waals surface area (Å²) in [6.45, 7) is 7.87. The smallest absolute Gasteiger partial charge is 0.177 e. The quantitative estimate of drug-likeness (QED) is 0.714. The molecule has 24 heavy (non-hydrogen) atoms. The summed E-state index contributed by atoms with van der Waals surface area (Å²) in [6, 6.07) is 3.96. The first kappa shape index (κ1) is 14.8. The van der Waals surface area contributed by atoms with Crippen molar-refractivity contribution in [3.63, 3.8) is 0 Å². The second-order valence-corrected chi connectivity index (χ2v) is 5.91. The van der Waals surface area contributed by atoms with Crippen molar-refractivity contribution in [2.75, 3.05) is 36.0 Å². The maximum Gasteiger partial charge on any atom is 0.177 e. The molecular formula is C16H20N8. The fourth-order valence-electron chi connectivity index (χ4n) is 3.21. The molecule has 0 radical (unpaired) electrons. The maximum absolute atomic E-state index is 4.58. The Balaban J connectivity index is 1.51. The fourth-order valence-corrected chi connectivity index (χ4v) is 3.21. The van der Waals surface area contributed by atoms with Gasteiger partial charge in [0, 0.05) is 37.4 Å². The number of nitrogens with zero attached hydrogens (tertiary/aromatic N) is 8. The molecule has 0 bridgehead atoms. The van der Waals surface area contributed by atoms with Gasteiger partial charge in [0.2, 0.25) is 0 Å². The highest BCUT2D eigenvalue weighted by Gasteiger charge is 2.22. The van der Waals surface area contributed by atoms with Gasteiger partial charge >= 0.3 is 0 Å². The lowest BCUT2D eigenvalue weighted by atomic mass is 10.1. The highest BCUT2D eigenvalue weighted by molar-refractivity contribution is 5.51. The van der Waals surface area contributed by atoms with Crippen molar-refractivity contribution in [3.05, 3.63) is 36.0 Å². The predicted molar refractivity (Wildman–Crippen MR) is 91.4 cm³/mol. The first-order valence-electron chi connectivity index (χ1n) is 8.23. The Kier molecular flexibility index (Phi) is 3.72. The van der Waals surface area contributed by atoms with E-state index in [1.165, 1.54) is 5.56 Å². The number of rotatable bonds is 3. The second-order valence-electron chi connectivity index (χ2n) is 5.91. The van der Waals surface area contributed by atoms with Crippen molar-refractivity contribution in [1.29, 1.82) is 0 Å². The molecule has 4 heterocycles. The topological polar surface area (TPSA) is 75.3 Å². The van der Waals surface area contributed by atoms with Gasteiger partial charge in [0.1, 0.15) is 24.3 Å². The fraction of sp³-hybridized carbons (Fsp3) is 0.438. The van der Waals surface area contributed by atoms with Gasteiger partial charge in [-0.3, -0.25) is 0 Å². The van der Waals surface area contributed by atoms with Gasteiger partial charge in [0.15, 0.2) is 5.65 Å². The zero-order chi connectivity index (χ0) is 16.5. The molecule has 1 fully saturated rings. The van der Waals surface area contributed by atoms with E-state index in [0.29, 0.717) is 0 Å². The average Bonchev–Trinajstić information content (AvgIpc) is 3.09. The summed E-state index contributed by atoms with van der Waals surface area (Å²) < 4.78 is 1.71. The van der Waals surface area contributed by atoms with Gasteiger partial charge < -0.3 is 9.80 Å². The Morgan fingerprint density at radius 1 is 1.04 bits per heavy atom. The van der Waals surface area contributed by atoms with Crippen LogP contribution in [0.4, 0.5) is 11.6 Å². The van der Waals surface area contributed by atoms with Gasteiger partial charge in [0.25, 0.3) is 0 Å². The van der Waals surface area contributed by atoms with Crippen LogP contribution in [-0.4, -0.2) is 56.0 Å². The van der Waals surface area contributed by atoms with Crippen LogP contribution in [0.2, 0.25) is 0 Å². The summed E-state index contributed by atoms with van der Waals surface area (Å²) >= 11 is 0. The lowest BCUT2D eigenvalue weighted by Gasteiger charge is -2.36. The monoisotopic (exact) mass is 324 g/mol. The predicted octanol–water partition coefficient (Wildman–Crippen LogP) is 1.11. The number of aryl methyl sites for hydroxylation is 1. The van der Waals surface area contributed by atoms with E-state index < -0.39 is 0 Å². The van der Waals surface area contributed by atoms with E-state index in [1.54, 1.807) is 17.2 Å². The van der Waals surface area contributed by atoms with Crippen molar-refractivity contribution in [1.82, 2.24) is 29.8 Å². The van der Waals surface area contributed by atoms with E-state index in [1.807, 2.05) is 12.1 Å². The third-order valence-electron chi connectivity index (χ3n) is 4.54.